The lowest BCUT2D eigenvalue weighted by Crippen LogP contribution is -2.51. The summed E-state index contributed by atoms with van der Waals surface area (Å²) in [5.74, 6) is -0.0193. The number of benzene rings is 1. The Morgan fingerprint density at radius 1 is 1.12 bits per heavy atom. The van der Waals surface area contributed by atoms with Crippen molar-refractivity contribution in [3.8, 4) is 11.4 Å². The molecule has 3 heterocycles. The highest BCUT2D eigenvalue weighted by molar-refractivity contribution is 5.97. The Morgan fingerprint density at radius 2 is 1.88 bits per heavy atom. The van der Waals surface area contributed by atoms with E-state index in [9.17, 15) is 14.3 Å². The largest absolute Gasteiger partial charge is 0.481 e. The molecular formula is C26H26FN5O2. The smallest absolute Gasteiger partial charge is 0.308 e. The number of fused-ring (bicyclic) bond motifs is 5. The molecule has 34 heavy (non-hydrogen) atoms. The van der Waals surface area contributed by atoms with Crippen LogP contribution >= 0.6 is 0 Å². The van der Waals surface area contributed by atoms with Crippen molar-refractivity contribution < 1.29 is 14.3 Å². The van der Waals surface area contributed by atoms with Gasteiger partial charge in [-0.05, 0) is 74.6 Å². The van der Waals surface area contributed by atoms with Crippen LogP contribution in [0.15, 0.2) is 30.6 Å². The number of pyridine rings is 1. The van der Waals surface area contributed by atoms with Gasteiger partial charge in [0.05, 0.1) is 17.6 Å². The molecule has 3 N–H and O–H groups in total. The molecule has 3 aliphatic rings. The number of aliphatic carboxylic acids is 1. The first kappa shape index (κ1) is 21.0. The Bertz CT molecular complexity index is 1440. The highest BCUT2D eigenvalue weighted by Crippen LogP contribution is 2.47. The molecule has 1 aromatic carbocycles. The fourth-order valence-electron chi connectivity index (χ4n) is 6.00. The summed E-state index contributed by atoms with van der Waals surface area (Å²) in [5.41, 5.74) is 4.17. The van der Waals surface area contributed by atoms with Gasteiger partial charge in [-0.25, -0.2) is 19.3 Å². The van der Waals surface area contributed by atoms with Crippen LogP contribution in [0, 0.1) is 37.4 Å². The molecule has 3 saturated carbocycles. The van der Waals surface area contributed by atoms with E-state index < -0.39 is 17.7 Å². The van der Waals surface area contributed by atoms with Crippen LogP contribution in [0.5, 0.6) is 0 Å². The van der Waals surface area contributed by atoms with Crippen LogP contribution in [0.4, 0.5) is 10.2 Å². The SMILES string of the molecule is Cc1ccc2c(NC3C4CCC(CC4)C3C(=O)O)nc(-c3c[nH]c4ncc(F)cc34)nc2c1C. The van der Waals surface area contributed by atoms with Gasteiger partial charge in [-0.2, -0.15) is 0 Å². The number of halogens is 1. The van der Waals surface area contributed by atoms with E-state index in [-0.39, 0.29) is 12.0 Å². The molecule has 2 unspecified atom stereocenters. The molecule has 2 atom stereocenters. The fourth-order valence-corrected chi connectivity index (χ4v) is 6.00. The van der Waals surface area contributed by atoms with Crippen molar-refractivity contribution in [3.63, 3.8) is 0 Å². The number of nitrogens with one attached hydrogen (secondary N) is 2. The maximum absolute atomic E-state index is 14.0. The number of carboxylic acids is 1. The first-order valence-corrected chi connectivity index (χ1v) is 11.8. The average molecular weight is 460 g/mol. The molecule has 0 aliphatic heterocycles. The molecule has 3 aliphatic carbocycles. The number of rotatable bonds is 4. The molecule has 174 valence electrons. The monoisotopic (exact) mass is 459 g/mol. The van der Waals surface area contributed by atoms with Gasteiger partial charge >= 0.3 is 5.97 Å². The van der Waals surface area contributed by atoms with E-state index in [2.05, 4.69) is 15.3 Å². The maximum Gasteiger partial charge on any atom is 0.308 e. The Balaban J connectivity index is 1.53. The molecule has 7 nitrogen and oxygen atoms in total. The van der Waals surface area contributed by atoms with E-state index in [1.807, 2.05) is 26.0 Å². The summed E-state index contributed by atoms with van der Waals surface area (Å²) in [6.07, 6.45) is 6.94. The second-order valence-electron chi connectivity index (χ2n) is 9.76. The Kier molecular flexibility index (Phi) is 4.79. The van der Waals surface area contributed by atoms with Crippen molar-refractivity contribution in [1.29, 1.82) is 0 Å². The van der Waals surface area contributed by atoms with Crippen molar-refractivity contribution >= 4 is 33.7 Å². The highest BCUT2D eigenvalue weighted by atomic mass is 19.1. The van der Waals surface area contributed by atoms with Crippen LogP contribution in [-0.2, 0) is 4.79 Å². The number of H-pyrrole nitrogens is 1. The second kappa shape index (κ2) is 7.75. The summed E-state index contributed by atoms with van der Waals surface area (Å²) < 4.78 is 14.0. The van der Waals surface area contributed by atoms with Gasteiger partial charge in [-0.3, -0.25) is 4.79 Å². The zero-order valence-corrected chi connectivity index (χ0v) is 19.1. The lowest BCUT2D eigenvalue weighted by Gasteiger charge is -2.47. The number of aromatic nitrogens is 4. The number of hydrogen-bond donors (Lipinski definition) is 3. The van der Waals surface area contributed by atoms with Crippen LogP contribution in [0.1, 0.15) is 36.8 Å². The summed E-state index contributed by atoms with van der Waals surface area (Å²) in [7, 11) is 0. The Hall–Kier alpha value is -3.55. The molecule has 0 spiro atoms. The van der Waals surface area contributed by atoms with E-state index in [0.717, 1.165) is 47.7 Å². The molecule has 2 bridgehead atoms. The van der Waals surface area contributed by atoms with Crippen LogP contribution in [-0.4, -0.2) is 37.1 Å². The predicted octanol–water partition coefficient (Wildman–Crippen LogP) is 5.23. The third-order valence-corrected chi connectivity index (χ3v) is 7.94. The third kappa shape index (κ3) is 3.23. The minimum absolute atomic E-state index is 0.181. The Morgan fingerprint density at radius 3 is 2.65 bits per heavy atom. The minimum Gasteiger partial charge on any atom is -0.481 e. The fraction of sp³-hybridized carbons (Fsp3) is 0.385. The van der Waals surface area contributed by atoms with Crippen LogP contribution in [0.3, 0.4) is 0 Å². The number of aryl methyl sites for hydroxylation is 2. The van der Waals surface area contributed by atoms with Gasteiger partial charge < -0.3 is 15.4 Å². The van der Waals surface area contributed by atoms with Crippen LogP contribution in [0.2, 0.25) is 0 Å². The van der Waals surface area contributed by atoms with Gasteiger partial charge in [0.1, 0.15) is 17.3 Å². The zero-order valence-electron chi connectivity index (χ0n) is 19.1. The lowest BCUT2D eigenvalue weighted by molar-refractivity contribution is -0.148. The van der Waals surface area contributed by atoms with Gasteiger partial charge in [0.25, 0.3) is 0 Å². The van der Waals surface area contributed by atoms with Gasteiger partial charge in [-0.15, -0.1) is 0 Å². The molecular weight excluding hydrogens is 433 g/mol. The van der Waals surface area contributed by atoms with Gasteiger partial charge in [0.2, 0.25) is 0 Å². The lowest BCUT2D eigenvalue weighted by atomic mass is 9.61. The summed E-state index contributed by atoms with van der Waals surface area (Å²) in [5, 5.41) is 15.1. The predicted molar refractivity (Wildman–Crippen MR) is 128 cm³/mol. The number of anilines is 1. The van der Waals surface area contributed by atoms with E-state index in [1.54, 1.807) is 6.20 Å². The molecule has 7 rings (SSSR count). The number of nitrogens with zero attached hydrogens (tertiary/aromatic N) is 3. The van der Waals surface area contributed by atoms with E-state index in [4.69, 9.17) is 9.97 Å². The summed E-state index contributed by atoms with van der Waals surface area (Å²) in [6.45, 7) is 4.06. The van der Waals surface area contributed by atoms with Gasteiger partial charge in [-0.1, -0.05) is 6.07 Å². The van der Waals surface area contributed by atoms with E-state index in [0.29, 0.717) is 34.2 Å². The van der Waals surface area contributed by atoms with Crippen molar-refractivity contribution in [1.82, 2.24) is 19.9 Å². The third-order valence-electron chi connectivity index (χ3n) is 7.94. The van der Waals surface area contributed by atoms with Gasteiger partial charge in [0.15, 0.2) is 5.82 Å². The first-order chi connectivity index (χ1) is 16.4. The number of aromatic amines is 1. The topological polar surface area (TPSA) is 104 Å². The normalized spacial score (nSPS) is 24.1. The van der Waals surface area contributed by atoms with Crippen molar-refractivity contribution in [2.45, 2.75) is 45.6 Å². The van der Waals surface area contributed by atoms with Gasteiger partial charge in [0, 0.05) is 28.6 Å². The summed E-state index contributed by atoms with van der Waals surface area (Å²) in [6, 6.07) is 5.29. The first-order valence-electron chi connectivity index (χ1n) is 11.8. The number of carbonyl (C=O) groups is 1. The number of carboxylic acid groups (broad SMARTS) is 1. The summed E-state index contributed by atoms with van der Waals surface area (Å²) >= 11 is 0. The average Bonchev–Trinajstić information content (AvgIpc) is 3.25. The van der Waals surface area contributed by atoms with Crippen LogP contribution < -0.4 is 5.32 Å². The number of hydrogen-bond acceptors (Lipinski definition) is 5. The highest BCUT2D eigenvalue weighted by Gasteiger charge is 2.47. The quantitative estimate of drug-likeness (QED) is 0.386. The zero-order chi connectivity index (χ0) is 23.6. The van der Waals surface area contributed by atoms with Crippen molar-refractivity contribution in [2.24, 2.45) is 17.8 Å². The standard InChI is InChI=1S/C26H26FN5O2/c1-12-3-8-17-21(13(12)2)30-25(19-11-29-23-18(19)9-16(27)10-28-23)32-24(17)31-22-15-6-4-14(5-7-15)20(22)26(33)34/h3,8-11,14-15,20,22H,4-7H2,1-2H3,(H,28,29)(H,33,34)(H,30,31,32). The summed E-state index contributed by atoms with van der Waals surface area (Å²) in [4.78, 5) is 29.2. The molecule has 8 heteroatoms. The maximum atomic E-state index is 14.0. The Labute approximate surface area is 195 Å². The molecule has 0 radical (unpaired) electrons. The van der Waals surface area contributed by atoms with Crippen LogP contribution in [0.25, 0.3) is 33.3 Å². The molecule has 4 aromatic rings. The molecule has 3 aromatic heterocycles. The molecule has 0 amide bonds. The van der Waals surface area contributed by atoms with E-state index >= 15 is 0 Å². The van der Waals surface area contributed by atoms with Crippen molar-refractivity contribution in [2.75, 3.05) is 5.32 Å². The minimum atomic E-state index is -0.740. The molecule has 3 fully saturated rings. The molecule has 0 saturated heterocycles. The van der Waals surface area contributed by atoms with Crippen molar-refractivity contribution in [3.05, 3.63) is 47.5 Å². The van der Waals surface area contributed by atoms with E-state index in [1.165, 1.54) is 12.3 Å². The second-order valence-corrected chi connectivity index (χ2v) is 9.76.